The Kier molecular flexibility index (Phi) is 6.45. The minimum absolute atomic E-state index is 0.111. The van der Waals surface area contributed by atoms with Crippen molar-refractivity contribution in [2.75, 3.05) is 24.7 Å². The summed E-state index contributed by atoms with van der Waals surface area (Å²) in [4.78, 5) is 11.8. The molecule has 0 heterocycles. The highest BCUT2D eigenvalue weighted by Crippen LogP contribution is 2.15. The lowest BCUT2D eigenvalue weighted by Gasteiger charge is -2.18. The minimum Gasteiger partial charge on any atom is -0.326 e. The van der Waals surface area contributed by atoms with Gasteiger partial charge in [-0.2, -0.15) is 0 Å². The Balaban J connectivity index is 2.54. The molecule has 1 aromatic carbocycles. The summed E-state index contributed by atoms with van der Waals surface area (Å²) in [6.45, 7) is 2.49. The summed E-state index contributed by atoms with van der Waals surface area (Å²) in [5.41, 5.74) is 0.601. The van der Waals surface area contributed by atoms with Crippen molar-refractivity contribution in [3.63, 3.8) is 0 Å². The molecule has 0 aliphatic carbocycles. The third-order valence-electron chi connectivity index (χ3n) is 2.64. The van der Waals surface area contributed by atoms with Gasteiger partial charge in [-0.15, -0.1) is 0 Å². The number of sulfonamides is 1. The van der Waals surface area contributed by atoms with Crippen LogP contribution in [0.15, 0.2) is 24.3 Å². The molecular weight excluding hydrogens is 300 g/mol. The Morgan fingerprint density at radius 2 is 2.05 bits per heavy atom. The molecule has 1 rings (SSSR count). The quantitative estimate of drug-likeness (QED) is 0.839. The molecule has 0 aromatic heterocycles. The van der Waals surface area contributed by atoms with Crippen LogP contribution in [0.4, 0.5) is 5.69 Å². The summed E-state index contributed by atoms with van der Waals surface area (Å²) in [5.74, 6) is -0.239. The molecule has 0 saturated carbocycles. The van der Waals surface area contributed by atoms with Gasteiger partial charge < -0.3 is 5.32 Å². The van der Waals surface area contributed by atoms with E-state index in [9.17, 15) is 13.2 Å². The van der Waals surface area contributed by atoms with Gasteiger partial charge in [0.05, 0.1) is 6.26 Å². The van der Waals surface area contributed by atoms with Crippen LogP contribution >= 0.6 is 11.6 Å². The molecule has 0 atom stereocenters. The number of hydrogen-bond acceptors (Lipinski definition) is 3. The topological polar surface area (TPSA) is 66.5 Å². The molecule has 1 amide bonds. The molecule has 0 saturated heterocycles. The second kappa shape index (κ2) is 7.61. The summed E-state index contributed by atoms with van der Waals surface area (Å²) >= 11 is 5.82. The van der Waals surface area contributed by atoms with Crippen molar-refractivity contribution in [3.05, 3.63) is 29.3 Å². The van der Waals surface area contributed by atoms with Crippen LogP contribution in [0.5, 0.6) is 0 Å². The van der Waals surface area contributed by atoms with Crippen molar-refractivity contribution >= 4 is 33.2 Å². The van der Waals surface area contributed by atoms with Crippen LogP contribution in [0.25, 0.3) is 0 Å². The highest BCUT2D eigenvalue weighted by atomic mass is 35.5. The van der Waals surface area contributed by atoms with E-state index in [0.29, 0.717) is 23.7 Å². The van der Waals surface area contributed by atoms with Crippen LogP contribution < -0.4 is 5.32 Å². The summed E-state index contributed by atoms with van der Waals surface area (Å²) in [6.07, 6.45) is 1.97. The molecule has 112 valence electrons. The van der Waals surface area contributed by atoms with Crippen LogP contribution in [-0.2, 0) is 14.8 Å². The third kappa shape index (κ3) is 5.90. The first-order valence-electron chi connectivity index (χ1n) is 6.33. The zero-order valence-corrected chi connectivity index (χ0v) is 13.2. The predicted octanol–water partition coefficient (Wildman–Crippen LogP) is 2.34. The second-order valence-corrected chi connectivity index (χ2v) is 6.89. The number of nitrogens with zero attached hydrogens (tertiary/aromatic N) is 1. The van der Waals surface area contributed by atoms with Gasteiger partial charge in [-0.25, -0.2) is 12.7 Å². The molecule has 0 aliphatic heterocycles. The van der Waals surface area contributed by atoms with Gasteiger partial charge in [-0.1, -0.05) is 24.6 Å². The molecule has 0 aliphatic rings. The number of carbonyl (C=O) groups excluding carboxylic acids is 1. The Labute approximate surface area is 125 Å². The first-order valence-corrected chi connectivity index (χ1v) is 8.56. The normalized spacial score (nSPS) is 11.6. The fraction of sp³-hybridized carbons (Fsp3) is 0.462. The summed E-state index contributed by atoms with van der Waals surface area (Å²) < 4.78 is 24.3. The second-order valence-electron chi connectivity index (χ2n) is 4.47. The fourth-order valence-electron chi connectivity index (χ4n) is 1.71. The average Bonchev–Trinajstić information content (AvgIpc) is 2.33. The van der Waals surface area contributed by atoms with Crippen molar-refractivity contribution < 1.29 is 13.2 Å². The molecule has 1 aromatic rings. The van der Waals surface area contributed by atoms with E-state index in [2.05, 4.69) is 5.32 Å². The maximum absolute atomic E-state index is 11.8. The first-order chi connectivity index (χ1) is 9.32. The van der Waals surface area contributed by atoms with E-state index in [4.69, 9.17) is 11.6 Å². The number of carbonyl (C=O) groups is 1. The highest BCUT2D eigenvalue weighted by molar-refractivity contribution is 7.88. The van der Waals surface area contributed by atoms with Gasteiger partial charge in [0.15, 0.2) is 0 Å². The molecule has 7 heteroatoms. The predicted molar refractivity (Wildman–Crippen MR) is 81.4 cm³/mol. The number of nitrogens with one attached hydrogen (secondary N) is 1. The third-order valence-corrected chi connectivity index (χ3v) is 4.18. The van der Waals surface area contributed by atoms with Crippen molar-refractivity contribution in [2.24, 2.45) is 0 Å². The zero-order chi connectivity index (χ0) is 15.2. The lowest BCUT2D eigenvalue weighted by molar-refractivity contribution is -0.116. The average molecular weight is 319 g/mol. The van der Waals surface area contributed by atoms with Crippen LogP contribution in [0.1, 0.15) is 19.8 Å². The molecular formula is C13H19ClN2O3S. The van der Waals surface area contributed by atoms with E-state index in [0.717, 1.165) is 6.26 Å². The molecule has 20 heavy (non-hydrogen) atoms. The van der Waals surface area contributed by atoms with Gasteiger partial charge in [0.2, 0.25) is 15.9 Å². The first kappa shape index (κ1) is 16.9. The monoisotopic (exact) mass is 318 g/mol. The molecule has 0 radical (unpaired) electrons. The van der Waals surface area contributed by atoms with E-state index < -0.39 is 10.0 Å². The Morgan fingerprint density at radius 3 is 2.60 bits per heavy atom. The molecule has 0 fully saturated rings. The van der Waals surface area contributed by atoms with E-state index >= 15 is 0 Å². The molecule has 0 unspecified atom stereocenters. The molecule has 5 nitrogen and oxygen atoms in total. The van der Waals surface area contributed by atoms with Crippen molar-refractivity contribution in [3.8, 4) is 0 Å². The largest absolute Gasteiger partial charge is 0.326 e. The van der Waals surface area contributed by atoms with Crippen molar-refractivity contribution in [1.29, 1.82) is 0 Å². The Morgan fingerprint density at radius 1 is 1.35 bits per heavy atom. The van der Waals surface area contributed by atoms with E-state index in [1.807, 2.05) is 6.92 Å². The van der Waals surface area contributed by atoms with Gasteiger partial charge in [0.1, 0.15) is 0 Å². The number of anilines is 1. The number of amides is 1. The van der Waals surface area contributed by atoms with Gasteiger partial charge >= 0.3 is 0 Å². The summed E-state index contributed by atoms with van der Waals surface area (Å²) in [7, 11) is -3.27. The van der Waals surface area contributed by atoms with Crippen LogP contribution in [0.3, 0.4) is 0 Å². The maximum Gasteiger partial charge on any atom is 0.225 e. The zero-order valence-electron chi connectivity index (χ0n) is 11.6. The fourth-order valence-corrected chi connectivity index (χ4v) is 2.84. The van der Waals surface area contributed by atoms with Crippen LogP contribution in [0, 0.1) is 0 Å². The van der Waals surface area contributed by atoms with E-state index in [1.54, 1.807) is 24.3 Å². The van der Waals surface area contributed by atoms with Gasteiger partial charge in [-0.05, 0) is 24.6 Å². The summed E-state index contributed by atoms with van der Waals surface area (Å²) in [6, 6.07) is 6.81. The Bertz CT molecular complexity index is 560. The smallest absolute Gasteiger partial charge is 0.225 e. The minimum atomic E-state index is -3.27. The van der Waals surface area contributed by atoms with Crippen molar-refractivity contribution in [2.45, 2.75) is 19.8 Å². The number of halogens is 1. The van der Waals surface area contributed by atoms with Gasteiger partial charge in [-0.3, -0.25) is 4.79 Å². The van der Waals surface area contributed by atoms with E-state index in [-0.39, 0.29) is 18.9 Å². The SMILES string of the molecule is CCCN(CCC(=O)Nc1cccc(Cl)c1)S(C)(=O)=O. The van der Waals surface area contributed by atoms with Crippen LogP contribution in [-0.4, -0.2) is 38.0 Å². The molecule has 0 spiro atoms. The van der Waals surface area contributed by atoms with Crippen LogP contribution in [0.2, 0.25) is 5.02 Å². The summed E-state index contributed by atoms with van der Waals surface area (Å²) in [5, 5.41) is 3.22. The number of hydrogen-bond donors (Lipinski definition) is 1. The van der Waals surface area contributed by atoms with Crippen molar-refractivity contribution in [1.82, 2.24) is 4.31 Å². The molecule has 0 bridgehead atoms. The maximum atomic E-state index is 11.8. The Hall–Kier alpha value is -1.11. The van der Waals surface area contributed by atoms with Gasteiger partial charge in [0, 0.05) is 30.2 Å². The van der Waals surface area contributed by atoms with E-state index in [1.165, 1.54) is 4.31 Å². The standard InChI is InChI=1S/C13H19ClN2O3S/c1-3-8-16(20(2,18)19)9-7-13(17)15-12-6-4-5-11(14)10-12/h4-6,10H,3,7-9H2,1-2H3,(H,15,17). The lowest BCUT2D eigenvalue weighted by Crippen LogP contribution is -2.33. The van der Waals surface area contributed by atoms with Gasteiger partial charge in [0.25, 0.3) is 0 Å². The molecule has 1 N–H and O–H groups in total. The lowest BCUT2D eigenvalue weighted by atomic mass is 10.3. The number of rotatable bonds is 7. The highest BCUT2D eigenvalue weighted by Gasteiger charge is 2.16. The number of benzene rings is 1.